The number of halogens is 1. The molecule has 2 aromatic heterocycles. The normalized spacial score (nSPS) is 21.2. The zero-order valence-electron chi connectivity index (χ0n) is 16.7. The van der Waals surface area contributed by atoms with Gasteiger partial charge >= 0.3 is 0 Å². The fourth-order valence-corrected chi connectivity index (χ4v) is 5.51. The maximum Gasteiger partial charge on any atom is 0.147 e. The number of thiophene rings is 1. The number of anilines is 1. The van der Waals surface area contributed by atoms with E-state index in [1.54, 1.807) is 17.7 Å². The van der Waals surface area contributed by atoms with Crippen molar-refractivity contribution in [2.24, 2.45) is 5.92 Å². The van der Waals surface area contributed by atoms with Gasteiger partial charge in [0.2, 0.25) is 0 Å². The molecule has 4 heterocycles. The van der Waals surface area contributed by atoms with Crippen molar-refractivity contribution >= 4 is 39.0 Å². The summed E-state index contributed by atoms with van der Waals surface area (Å²) in [5, 5.41) is 4.38. The highest BCUT2D eigenvalue weighted by atomic mass is 35.5. The quantitative estimate of drug-likeness (QED) is 0.616. The van der Waals surface area contributed by atoms with Crippen molar-refractivity contribution in [1.29, 1.82) is 0 Å². The van der Waals surface area contributed by atoms with Crippen molar-refractivity contribution in [2.75, 3.05) is 51.4 Å². The van der Waals surface area contributed by atoms with Crippen LogP contribution in [0.15, 0.2) is 36.7 Å². The van der Waals surface area contributed by atoms with Gasteiger partial charge in [0.1, 0.15) is 12.1 Å². The molecule has 1 aromatic carbocycles. The van der Waals surface area contributed by atoms with E-state index in [0.29, 0.717) is 12.0 Å². The van der Waals surface area contributed by atoms with E-state index in [1.165, 1.54) is 4.88 Å². The van der Waals surface area contributed by atoms with Crippen LogP contribution in [0.2, 0.25) is 5.02 Å². The van der Waals surface area contributed by atoms with E-state index in [9.17, 15) is 0 Å². The molecule has 0 bridgehead atoms. The molecule has 0 spiro atoms. The highest BCUT2D eigenvalue weighted by Crippen LogP contribution is 2.36. The lowest BCUT2D eigenvalue weighted by Gasteiger charge is -2.37. The van der Waals surface area contributed by atoms with Crippen molar-refractivity contribution < 1.29 is 9.47 Å². The lowest BCUT2D eigenvalue weighted by atomic mass is 9.97. The molecule has 8 heteroatoms. The third kappa shape index (κ3) is 4.31. The largest absolute Gasteiger partial charge is 0.381 e. The molecule has 0 radical (unpaired) electrons. The van der Waals surface area contributed by atoms with E-state index >= 15 is 0 Å². The van der Waals surface area contributed by atoms with Gasteiger partial charge in [-0.2, -0.15) is 0 Å². The number of benzene rings is 1. The van der Waals surface area contributed by atoms with Gasteiger partial charge in [-0.1, -0.05) is 23.7 Å². The Morgan fingerprint density at radius 2 is 1.97 bits per heavy atom. The number of nitrogens with zero attached hydrogens (tertiary/aromatic N) is 3. The van der Waals surface area contributed by atoms with Crippen LogP contribution in [0, 0.1) is 5.92 Å². The number of ether oxygens (including phenoxy) is 2. The molecule has 2 aliphatic rings. The zero-order chi connectivity index (χ0) is 20.3. The first-order valence-electron chi connectivity index (χ1n) is 10.4. The lowest BCUT2D eigenvalue weighted by Crippen LogP contribution is -2.50. The summed E-state index contributed by atoms with van der Waals surface area (Å²) in [6.45, 7) is 6.09. The van der Waals surface area contributed by atoms with Gasteiger partial charge in [0.15, 0.2) is 0 Å². The number of nitrogens with one attached hydrogen (secondary N) is 1. The molecular formula is C22H25ClN4O2S. The predicted molar refractivity (Wildman–Crippen MR) is 121 cm³/mol. The van der Waals surface area contributed by atoms with Crippen molar-refractivity contribution in [1.82, 2.24) is 14.9 Å². The molecular weight excluding hydrogens is 420 g/mol. The van der Waals surface area contributed by atoms with Crippen LogP contribution < -0.4 is 5.32 Å². The van der Waals surface area contributed by atoms with Crippen molar-refractivity contribution in [3.8, 4) is 10.4 Å². The van der Waals surface area contributed by atoms with Crippen LogP contribution in [0.25, 0.3) is 20.7 Å². The van der Waals surface area contributed by atoms with Crippen LogP contribution in [0.5, 0.6) is 0 Å². The number of rotatable bonds is 6. The summed E-state index contributed by atoms with van der Waals surface area (Å²) in [6, 6.07) is 10.5. The predicted octanol–water partition coefficient (Wildman–Crippen LogP) is 4.16. The molecule has 2 atom stereocenters. The van der Waals surface area contributed by atoms with E-state index < -0.39 is 0 Å². The Labute approximate surface area is 185 Å². The molecule has 158 valence electrons. The minimum atomic E-state index is 0.414. The van der Waals surface area contributed by atoms with Crippen molar-refractivity contribution in [3.05, 3.63) is 41.7 Å². The van der Waals surface area contributed by atoms with Crippen LogP contribution in [0.4, 0.5) is 5.82 Å². The summed E-state index contributed by atoms with van der Waals surface area (Å²) < 4.78 is 12.3. The van der Waals surface area contributed by atoms with Crippen LogP contribution in [0.3, 0.4) is 0 Å². The van der Waals surface area contributed by atoms with E-state index in [4.69, 9.17) is 21.1 Å². The first-order chi connectivity index (χ1) is 14.8. The van der Waals surface area contributed by atoms with E-state index in [1.807, 2.05) is 24.3 Å². The topological polar surface area (TPSA) is 59.5 Å². The summed E-state index contributed by atoms with van der Waals surface area (Å²) >= 11 is 7.76. The molecule has 2 aliphatic heterocycles. The van der Waals surface area contributed by atoms with E-state index in [-0.39, 0.29) is 0 Å². The maximum absolute atomic E-state index is 6.04. The smallest absolute Gasteiger partial charge is 0.147 e. The molecule has 1 N–H and O–H groups in total. The van der Waals surface area contributed by atoms with E-state index in [2.05, 4.69) is 26.3 Å². The molecule has 2 fully saturated rings. The Kier molecular flexibility index (Phi) is 6.15. The Hall–Kier alpha value is -1.77. The van der Waals surface area contributed by atoms with Crippen molar-refractivity contribution in [2.45, 2.75) is 12.5 Å². The Morgan fingerprint density at radius 3 is 2.73 bits per heavy atom. The van der Waals surface area contributed by atoms with Crippen LogP contribution in [0.1, 0.15) is 6.42 Å². The second-order valence-electron chi connectivity index (χ2n) is 7.77. The summed E-state index contributed by atoms with van der Waals surface area (Å²) in [5.41, 5.74) is 2.11. The van der Waals surface area contributed by atoms with Crippen LogP contribution >= 0.6 is 22.9 Å². The summed E-state index contributed by atoms with van der Waals surface area (Å²) in [7, 11) is 0. The highest BCUT2D eigenvalue weighted by molar-refractivity contribution is 7.22. The number of fused-ring (bicyclic) bond motifs is 1. The number of aromatic nitrogens is 2. The molecule has 0 unspecified atom stereocenters. The van der Waals surface area contributed by atoms with Gasteiger partial charge in [-0.05, 0) is 30.2 Å². The molecule has 6 nitrogen and oxygen atoms in total. The monoisotopic (exact) mass is 444 g/mol. The Bertz CT molecular complexity index is 984. The Balaban J connectivity index is 1.37. The van der Waals surface area contributed by atoms with Crippen LogP contribution in [-0.2, 0) is 9.47 Å². The number of hydrogen-bond acceptors (Lipinski definition) is 7. The average molecular weight is 445 g/mol. The third-order valence-electron chi connectivity index (χ3n) is 5.94. The molecule has 0 saturated carbocycles. The van der Waals surface area contributed by atoms with Crippen molar-refractivity contribution in [3.63, 3.8) is 0 Å². The van der Waals surface area contributed by atoms with Gasteiger partial charge in [0.05, 0.1) is 30.0 Å². The molecule has 30 heavy (non-hydrogen) atoms. The van der Waals surface area contributed by atoms with Gasteiger partial charge < -0.3 is 14.8 Å². The lowest BCUT2D eigenvalue weighted by molar-refractivity contribution is 0.00460. The summed E-state index contributed by atoms with van der Waals surface area (Å²) in [4.78, 5) is 12.8. The maximum atomic E-state index is 6.04. The molecule has 3 aromatic rings. The van der Waals surface area contributed by atoms with Gasteiger partial charge in [-0.25, -0.2) is 9.97 Å². The minimum Gasteiger partial charge on any atom is -0.381 e. The SMILES string of the molecule is Clc1ccc(-c2cc3ncnc(NC[C@@H]([C@H]4CCOC4)N4CCOCC4)c3s2)cc1. The van der Waals surface area contributed by atoms with Gasteiger partial charge in [-0.15, -0.1) is 11.3 Å². The minimum absolute atomic E-state index is 0.414. The second-order valence-corrected chi connectivity index (χ2v) is 9.26. The summed E-state index contributed by atoms with van der Waals surface area (Å²) in [6.07, 6.45) is 2.76. The zero-order valence-corrected chi connectivity index (χ0v) is 18.3. The van der Waals surface area contributed by atoms with Gasteiger partial charge in [0, 0.05) is 48.1 Å². The third-order valence-corrected chi connectivity index (χ3v) is 7.37. The van der Waals surface area contributed by atoms with Gasteiger partial charge in [0.25, 0.3) is 0 Å². The molecule has 2 saturated heterocycles. The van der Waals surface area contributed by atoms with Crippen LogP contribution in [-0.4, -0.2) is 67.0 Å². The molecule has 0 aliphatic carbocycles. The average Bonchev–Trinajstić information content (AvgIpc) is 3.46. The fraction of sp³-hybridized carbons (Fsp3) is 0.455. The molecule has 0 amide bonds. The van der Waals surface area contributed by atoms with E-state index in [0.717, 1.165) is 79.1 Å². The second kappa shape index (κ2) is 9.16. The summed E-state index contributed by atoms with van der Waals surface area (Å²) in [5.74, 6) is 1.45. The first-order valence-corrected chi connectivity index (χ1v) is 11.6. The standard InChI is InChI=1S/C22H25ClN4O2S/c23-17-3-1-15(2-4-17)20-11-18-21(30-20)22(26-14-25-18)24-12-19(16-5-8-29-13-16)27-6-9-28-10-7-27/h1-4,11,14,16,19H,5-10,12-13H2,(H,24,25,26)/t16-,19-/m0/s1. The fourth-order valence-electron chi connectivity index (χ4n) is 4.30. The number of morpholine rings is 1. The molecule has 5 rings (SSSR count). The Morgan fingerprint density at radius 1 is 1.13 bits per heavy atom. The number of hydrogen-bond donors (Lipinski definition) is 1. The van der Waals surface area contributed by atoms with Gasteiger partial charge in [-0.3, -0.25) is 4.90 Å². The highest BCUT2D eigenvalue weighted by Gasteiger charge is 2.31. The first kappa shape index (κ1) is 20.2.